The maximum atomic E-state index is 13.2. The number of aromatic nitrogens is 1. The molecule has 0 spiro atoms. The number of aryl methyl sites for hydroxylation is 1. The molecule has 1 aliphatic carbocycles. The predicted molar refractivity (Wildman–Crippen MR) is 129 cm³/mol. The van der Waals surface area contributed by atoms with Crippen LogP contribution >= 0.6 is 0 Å². The van der Waals surface area contributed by atoms with E-state index in [4.69, 9.17) is 18.9 Å². The lowest BCUT2D eigenvalue weighted by Gasteiger charge is -2.17. The number of rotatable bonds is 10. The summed E-state index contributed by atoms with van der Waals surface area (Å²) in [5.41, 5.74) is 1.41. The Morgan fingerprint density at radius 1 is 1.08 bits per heavy atom. The number of amides is 1. The molecule has 192 valence electrons. The van der Waals surface area contributed by atoms with Gasteiger partial charge in [0.15, 0.2) is 12.0 Å². The van der Waals surface area contributed by atoms with Gasteiger partial charge in [-0.15, -0.1) is 0 Å². The fourth-order valence-electron chi connectivity index (χ4n) is 3.46. The number of hydrogen-bond donors (Lipinski definition) is 1. The molecule has 0 bridgehead atoms. The van der Waals surface area contributed by atoms with Gasteiger partial charge >= 0.3 is 12.1 Å². The Balaban J connectivity index is 1.97. The fourth-order valence-corrected chi connectivity index (χ4v) is 3.46. The van der Waals surface area contributed by atoms with Gasteiger partial charge in [0.25, 0.3) is 5.91 Å². The van der Waals surface area contributed by atoms with Crippen molar-refractivity contribution in [3.63, 3.8) is 0 Å². The van der Waals surface area contributed by atoms with Gasteiger partial charge in [-0.1, -0.05) is 0 Å². The Morgan fingerprint density at radius 2 is 1.81 bits per heavy atom. The van der Waals surface area contributed by atoms with Crippen LogP contribution in [0.15, 0.2) is 24.3 Å². The number of methoxy groups -OCH3 is 1. The highest BCUT2D eigenvalue weighted by molar-refractivity contribution is 6.01. The highest BCUT2D eigenvalue weighted by atomic mass is 16.8. The van der Waals surface area contributed by atoms with Gasteiger partial charge in [0.2, 0.25) is 6.29 Å². The summed E-state index contributed by atoms with van der Waals surface area (Å²) in [5, 5.41) is 2.80. The molecule has 1 atom stereocenters. The van der Waals surface area contributed by atoms with Crippen LogP contribution in [0.5, 0.6) is 5.75 Å². The van der Waals surface area contributed by atoms with Crippen LogP contribution < -0.4 is 10.1 Å². The van der Waals surface area contributed by atoms with Crippen LogP contribution in [0.25, 0.3) is 11.1 Å². The smallest absolute Gasteiger partial charge is 0.496 e. The lowest BCUT2D eigenvalue weighted by molar-refractivity contribution is -0.0868. The van der Waals surface area contributed by atoms with Crippen molar-refractivity contribution in [3.8, 4) is 16.9 Å². The molecular weight excluding hydrogens is 468 g/mol. The summed E-state index contributed by atoms with van der Waals surface area (Å²) in [6, 6.07) is 6.22. The van der Waals surface area contributed by atoms with Crippen molar-refractivity contribution in [2.45, 2.75) is 52.9 Å². The number of pyridine rings is 1. The molecule has 1 aliphatic rings. The summed E-state index contributed by atoms with van der Waals surface area (Å²) in [4.78, 5) is 53.7. The van der Waals surface area contributed by atoms with Crippen LogP contribution in [0, 0.1) is 12.8 Å². The van der Waals surface area contributed by atoms with E-state index in [9.17, 15) is 19.2 Å². The summed E-state index contributed by atoms with van der Waals surface area (Å²) in [6.45, 7) is 6.95. The third kappa shape index (κ3) is 6.80. The minimum atomic E-state index is -1.30. The first-order valence-electron chi connectivity index (χ1n) is 11.6. The van der Waals surface area contributed by atoms with E-state index in [-0.39, 0.29) is 17.0 Å². The largest absolute Gasteiger partial charge is 0.511 e. The molecule has 0 aliphatic heterocycles. The second kappa shape index (κ2) is 11.7. The molecule has 10 nitrogen and oxygen atoms in total. The van der Waals surface area contributed by atoms with E-state index in [0.29, 0.717) is 35.6 Å². The van der Waals surface area contributed by atoms with Crippen LogP contribution in [0.2, 0.25) is 0 Å². The van der Waals surface area contributed by atoms with Crippen molar-refractivity contribution in [1.82, 2.24) is 10.3 Å². The zero-order valence-electron chi connectivity index (χ0n) is 21.0. The van der Waals surface area contributed by atoms with Crippen LogP contribution in [-0.2, 0) is 14.2 Å². The molecule has 10 heteroatoms. The van der Waals surface area contributed by atoms with Crippen molar-refractivity contribution < 1.29 is 38.1 Å². The van der Waals surface area contributed by atoms with Gasteiger partial charge in [0.1, 0.15) is 11.4 Å². The number of esters is 1. The highest BCUT2D eigenvalue weighted by Crippen LogP contribution is 2.33. The summed E-state index contributed by atoms with van der Waals surface area (Å²) in [5.74, 6) is -0.446. The summed E-state index contributed by atoms with van der Waals surface area (Å²) < 4.78 is 20.5. The molecule has 2 aromatic rings. The fraction of sp³-hybridized carbons (Fsp3) is 0.423. The molecule has 1 amide bonds. The zero-order valence-corrected chi connectivity index (χ0v) is 21.0. The van der Waals surface area contributed by atoms with Gasteiger partial charge in [-0.3, -0.25) is 9.59 Å². The van der Waals surface area contributed by atoms with E-state index in [2.05, 4.69) is 10.3 Å². The average molecular weight is 499 g/mol. The summed E-state index contributed by atoms with van der Waals surface area (Å²) >= 11 is 0. The number of nitrogens with one attached hydrogen (secondary N) is 1. The van der Waals surface area contributed by atoms with Crippen molar-refractivity contribution in [3.05, 3.63) is 46.8 Å². The summed E-state index contributed by atoms with van der Waals surface area (Å²) in [7, 11) is 1.49. The van der Waals surface area contributed by atoms with Crippen LogP contribution in [0.4, 0.5) is 4.79 Å². The molecule has 1 aromatic heterocycles. The van der Waals surface area contributed by atoms with Gasteiger partial charge in [0.05, 0.1) is 13.2 Å². The minimum absolute atomic E-state index is 0.00543. The molecule has 1 unspecified atom stereocenters. The Bertz CT molecular complexity index is 1160. The first-order valence-corrected chi connectivity index (χ1v) is 11.6. The van der Waals surface area contributed by atoms with E-state index in [1.165, 1.54) is 26.2 Å². The molecule has 1 heterocycles. The van der Waals surface area contributed by atoms with Gasteiger partial charge in [-0.2, -0.15) is 0 Å². The minimum Gasteiger partial charge on any atom is -0.496 e. The van der Waals surface area contributed by atoms with Gasteiger partial charge < -0.3 is 24.3 Å². The van der Waals surface area contributed by atoms with Gasteiger partial charge in [-0.05, 0) is 74.9 Å². The lowest BCUT2D eigenvalue weighted by Crippen LogP contribution is -2.28. The van der Waals surface area contributed by atoms with Crippen molar-refractivity contribution in [2.75, 3.05) is 13.7 Å². The number of hydrogen-bond acceptors (Lipinski definition) is 9. The number of carbonyl (C=O) groups excluding carboxylic acids is 4. The molecular formula is C26H30N2O8. The predicted octanol–water partition coefficient (Wildman–Crippen LogP) is 4.08. The van der Waals surface area contributed by atoms with Crippen molar-refractivity contribution in [2.24, 2.45) is 5.92 Å². The van der Waals surface area contributed by atoms with Crippen LogP contribution in [0.3, 0.4) is 0 Å². The van der Waals surface area contributed by atoms with Crippen LogP contribution in [0.1, 0.15) is 70.5 Å². The number of carbonyl (C=O) groups is 4. The van der Waals surface area contributed by atoms with Crippen molar-refractivity contribution >= 4 is 24.3 Å². The Morgan fingerprint density at radius 3 is 2.42 bits per heavy atom. The summed E-state index contributed by atoms with van der Waals surface area (Å²) in [6.07, 6.45) is 0.0524. The van der Waals surface area contributed by atoms with Crippen LogP contribution in [-0.4, -0.2) is 55.4 Å². The molecule has 3 rings (SSSR count). The molecule has 36 heavy (non-hydrogen) atoms. The SMILES string of the molecule is COc1cc(-c2ccc(C(=O)NCC3CC3)nc2C(=O)OC(C)OC(=O)OC(C)C)c(C=O)cc1C. The van der Waals surface area contributed by atoms with E-state index in [1.54, 1.807) is 32.9 Å². The molecule has 1 fully saturated rings. The molecule has 1 N–H and O–H groups in total. The normalized spacial score (nSPS) is 13.5. The standard InChI is InChI=1S/C26H30N2O8/c1-14(2)34-26(32)36-16(4)35-25(31)23-19(20-11-22(33-5)15(3)10-18(20)13-29)8-9-21(28-23)24(30)27-12-17-6-7-17/h8-11,13-14,16-17H,6-7,12H2,1-5H3,(H,27,30). The number of ether oxygens (including phenoxy) is 4. The van der Waals surface area contributed by atoms with E-state index >= 15 is 0 Å². The molecule has 1 aromatic carbocycles. The molecule has 0 saturated heterocycles. The quantitative estimate of drug-likeness (QED) is 0.292. The topological polar surface area (TPSA) is 130 Å². The van der Waals surface area contributed by atoms with E-state index < -0.39 is 30.4 Å². The Labute approximate surface area is 209 Å². The maximum Gasteiger partial charge on any atom is 0.511 e. The number of nitrogens with zero attached hydrogens (tertiary/aromatic N) is 1. The lowest BCUT2D eigenvalue weighted by atomic mass is 9.96. The second-order valence-corrected chi connectivity index (χ2v) is 8.78. The monoisotopic (exact) mass is 498 g/mol. The van der Waals surface area contributed by atoms with Crippen molar-refractivity contribution in [1.29, 1.82) is 0 Å². The maximum absolute atomic E-state index is 13.2. The van der Waals surface area contributed by atoms with Gasteiger partial charge in [-0.25, -0.2) is 14.6 Å². The average Bonchev–Trinajstić information content (AvgIpc) is 3.65. The third-order valence-corrected chi connectivity index (χ3v) is 5.42. The van der Waals surface area contributed by atoms with E-state index in [0.717, 1.165) is 18.4 Å². The Hall–Kier alpha value is -3.95. The second-order valence-electron chi connectivity index (χ2n) is 8.78. The zero-order chi connectivity index (χ0) is 26.4. The highest BCUT2D eigenvalue weighted by Gasteiger charge is 2.26. The Kier molecular flexibility index (Phi) is 8.63. The first kappa shape index (κ1) is 26.7. The number of benzene rings is 1. The number of aldehydes is 1. The molecule has 1 saturated carbocycles. The third-order valence-electron chi connectivity index (χ3n) is 5.42. The van der Waals surface area contributed by atoms with E-state index in [1.807, 2.05) is 0 Å². The molecule has 0 radical (unpaired) electrons. The van der Waals surface area contributed by atoms with Gasteiger partial charge in [0, 0.05) is 24.6 Å². The first-order chi connectivity index (χ1) is 17.1.